The summed E-state index contributed by atoms with van der Waals surface area (Å²) < 4.78 is 0. The van der Waals surface area contributed by atoms with Crippen LogP contribution in [0, 0.1) is 0 Å². The van der Waals surface area contributed by atoms with E-state index in [1.807, 2.05) is 0 Å². The van der Waals surface area contributed by atoms with Crippen LogP contribution in [0.2, 0.25) is 0 Å². The predicted molar refractivity (Wildman–Crippen MR) is 98.6 cm³/mol. The molecule has 0 radical (unpaired) electrons. The van der Waals surface area contributed by atoms with Crippen LogP contribution in [0.5, 0.6) is 0 Å². The van der Waals surface area contributed by atoms with Crippen LogP contribution in [-0.2, 0) is 0 Å². The molecule has 0 saturated carbocycles. The number of carbonyl (C=O) groups excluding carboxylic acids is 3. The molecule has 6 nitrogen and oxygen atoms in total. The number of imide groups is 1. The van der Waals surface area contributed by atoms with Gasteiger partial charge in [-0.3, -0.25) is 14.4 Å². The van der Waals surface area contributed by atoms with Crippen molar-refractivity contribution in [2.24, 2.45) is 5.73 Å². The fraction of sp³-hybridized carbons (Fsp3) is 0.250. The van der Waals surface area contributed by atoms with Crippen molar-refractivity contribution >= 4 is 29.1 Å². The van der Waals surface area contributed by atoms with Crippen LogP contribution in [0.25, 0.3) is 0 Å². The Morgan fingerprint density at radius 1 is 0.846 bits per heavy atom. The second kappa shape index (κ2) is 6.29. The Labute approximate surface area is 151 Å². The van der Waals surface area contributed by atoms with Crippen molar-refractivity contribution in [3.63, 3.8) is 0 Å². The fourth-order valence-corrected chi connectivity index (χ4v) is 3.67. The van der Waals surface area contributed by atoms with Crippen molar-refractivity contribution in [2.45, 2.75) is 19.3 Å². The number of fused-ring (bicyclic) bond motifs is 1. The van der Waals surface area contributed by atoms with Gasteiger partial charge in [0.05, 0.1) is 22.5 Å². The minimum Gasteiger partial charge on any atom is -0.370 e. The Morgan fingerprint density at radius 2 is 1.46 bits per heavy atom. The monoisotopic (exact) mass is 349 g/mol. The van der Waals surface area contributed by atoms with E-state index >= 15 is 0 Å². The molecule has 0 bridgehead atoms. The number of rotatable bonds is 3. The molecule has 0 atom stereocenters. The van der Waals surface area contributed by atoms with E-state index in [4.69, 9.17) is 5.73 Å². The minimum atomic E-state index is -0.590. The number of hydrogen-bond donors (Lipinski definition) is 1. The molecule has 132 valence electrons. The first kappa shape index (κ1) is 16.3. The Morgan fingerprint density at radius 3 is 2.04 bits per heavy atom. The van der Waals surface area contributed by atoms with Gasteiger partial charge in [-0.05, 0) is 49.6 Å². The molecular weight excluding hydrogens is 330 g/mol. The normalized spacial score (nSPS) is 16.8. The summed E-state index contributed by atoms with van der Waals surface area (Å²) in [5, 5.41) is 0. The maximum absolute atomic E-state index is 12.9. The molecule has 26 heavy (non-hydrogen) atoms. The van der Waals surface area contributed by atoms with Crippen LogP contribution in [0.3, 0.4) is 0 Å². The molecular formula is C20H19N3O3. The first-order valence-electron chi connectivity index (χ1n) is 8.74. The van der Waals surface area contributed by atoms with Gasteiger partial charge in [0.15, 0.2) is 0 Å². The molecule has 4 rings (SSSR count). The smallest absolute Gasteiger partial charge is 0.266 e. The lowest BCUT2D eigenvalue weighted by molar-refractivity contribution is 0.0923. The Balaban J connectivity index is 1.84. The van der Waals surface area contributed by atoms with Crippen molar-refractivity contribution in [1.29, 1.82) is 0 Å². The van der Waals surface area contributed by atoms with Crippen LogP contribution in [0.4, 0.5) is 11.4 Å². The highest BCUT2D eigenvalue weighted by atomic mass is 16.2. The molecule has 2 aliphatic heterocycles. The zero-order valence-electron chi connectivity index (χ0n) is 14.3. The van der Waals surface area contributed by atoms with Gasteiger partial charge in [0.25, 0.3) is 11.8 Å². The number of piperidine rings is 1. The Kier molecular flexibility index (Phi) is 3.95. The standard InChI is InChI=1S/C20H19N3O3/c21-18(24)13-8-9-16(22-10-4-1-5-11-22)17(12-13)23-19(25)14-6-2-3-7-15(14)20(23)26/h2-3,6-9,12H,1,4-5,10-11H2,(H2,21,24). The van der Waals surface area contributed by atoms with Crippen LogP contribution in [-0.4, -0.2) is 30.8 Å². The van der Waals surface area contributed by atoms with E-state index in [0.29, 0.717) is 16.8 Å². The molecule has 2 aromatic carbocycles. The summed E-state index contributed by atoms with van der Waals surface area (Å²) in [7, 11) is 0. The van der Waals surface area contributed by atoms with E-state index in [-0.39, 0.29) is 17.4 Å². The van der Waals surface area contributed by atoms with E-state index < -0.39 is 5.91 Å². The number of benzene rings is 2. The van der Waals surface area contributed by atoms with Gasteiger partial charge in [-0.1, -0.05) is 12.1 Å². The second-order valence-electron chi connectivity index (χ2n) is 6.61. The van der Waals surface area contributed by atoms with E-state index in [1.54, 1.807) is 42.5 Å². The summed E-state index contributed by atoms with van der Waals surface area (Å²) in [4.78, 5) is 40.8. The predicted octanol–water partition coefficient (Wildman–Crippen LogP) is 2.58. The van der Waals surface area contributed by atoms with Crippen LogP contribution >= 0.6 is 0 Å². The molecule has 3 amide bonds. The third-order valence-corrected chi connectivity index (χ3v) is 4.99. The van der Waals surface area contributed by atoms with E-state index in [0.717, 1.165) is 38.0 Å². The number of primary amides is 1. The highest BCUT2D eigenvalue weighted by molar-refractivity contribution is 6.35. The number of amides is 3. The highest BCUT2D eigenvalue weighted by Crippen LogP contribution is 2.37. The Hall–Kier alpha value is -3.15. The van der Waals surface area contributed by atoms with Gasteiger partial charge >= 0.3 is 0 Å². The van der Waals surface area contributed by atoms with Gasteiger partial charge in [0.1, 0.15) is 0 Å². The van der Waals surface area contributed by atoms with Gasteiger partial charge in [-0.15, -0.1) is 0 Å². The van der Waals surface area contributed by atoms with Crippen LogP contribution < -0.4 is 15.5 Å². The quantitative estimate of drug-likeness (QED) is 0.863. The largest absolute Gasteiger partial charge is 0.370 e. The first-order chi connectivity index (χ1) is 12.6. The van der Waals surface area contributed by atoms with E-state index in [1.165, 1.54) is 4.90 Å². The van der Waals surface area contributed by atoms with Gasteiger partial charge in [0.2, 0.25) is 5.91 Å². The number of hydrogen-bond acceptors (Lipinski definition) is 4. The van der Waals surface area contributed by atoms with Crippen molar-refractivity contribution in [3.05, 3.63) is 59.2 Å². The van der Waals surface area contributed by atoms with Gasteiger partial charge in [0, 0.05) is 18.7 Å². The Bertz CT molecular complexity index is 881. The molecule has 2 N–H and O–H groups in total. The van der Waals surface area contributed by atoms with Gasteiger partial charge in [-0.25, -0.2) is 4.90 Å². The third kappa shape index (κ3) is 2.54. The molecule has 2 aliphatic rings. The molecule has 2 aromatic rings. The fourth-order valence-electron chi connectivity index (χ4n) is 3.67. The lowest BCUT2D eigenvalue weighted by atomic mass is 10.1. The first-order valence-corrected chi connectivity index (χ1v) is 8.74. The third-order valence-electron chi connectivity index (χ3n) is 4.99. The summed E-state index contributed by atoms with van der Waals surface area (Å²) in [6, 6.07) is 11.7. The zero-order valence-corrected chi connectivity index (χ0v) is 14.3. The summed E-state index contributed by atoms with van der Waals surface area (Å²) in [5.74, 6) is -1.33. The lowest BCUT2D eigenvalue weighted by Crippen LogP contribution is -2.35. The average Bonchev–Trinajstić information content (AvgIpc) is 2.93. The van der Waals surface area contributed by atoms with E-state index in [9.17, 15) is 14.4 Å². The molecule has 6 heteroatoms. The van der Waals surface area contributed by atoms with Crippen LogP contribution in [0.1, 0.15) is 50.3 Å². The zero-order chi connectivity index (χ0) is 18.3. The molecule has 2 heterocycles. The number of nitrogens with zero attached hydrogens (tertiary/aromatic N) is 2. The summed E-state index contributed by atoms with van der Waals surface area (Å²) in [6.07, 6.45) is 3.27. The maximum Gasteiger partial charge on any atom is 0.266 e. The van der Waals surface area contributed by atoms with Gasteiger partial charge < -0.3 is 10.6 Å². The molecule has 0 aliphatic carbocycles. The molecule has 0 unspecified atom stereocenters. The topological polar surface area (TPSA) is 83.7 Å². The lowest BCUT2D eigenvalue weighted by Gasteiger charge is -2.32. The van der Waals surface area contributed by atoms with Gasteiger partial charge in [-0.2, -0.15) is 0 Å². The van der Waals surface area contributed by atoms with Crippen LogP contribution in [0.15, 0.2) is 42.5 Å². The average molecular weight is 349 g/mol. The minimum absolute atomic E-state index is 0.275. The summed E-state index contributed by atoms with van der Waals surface area (Å²) in [5.41, 5.74) is 7.67. The maximum atomic E-state index is 12.9. The van der Waals surface area contributed by atoms with E-state index in [2.05, 4.69) is 4.90 Å². The van der Waals surface area contributed by atoms with Crippen molar-refractivity contribution in [3.8, 4) is 0 Å². The highest BCUT2D eigenvalue weighted by Gasteiger charge is 2.38. The number of nitrogens with two attached hydrogens (primary N) is 1. The summed E-state index contributed by atoms with van der Waals surface area (Å²) >= 11 is 0. The number of anilines is 2. The second-order valence-corrected chi connectivity index (χ2v) is 6.61. The molecule has 0 spiro atoms. The molecule has 1 saturated heterocycles. The number of carbonyl (C=O) groups is 3. The van der Waals surface area contributed by atoms with Crippen molar-refractivity contribution in [1.82, 2.24) is 0 Å². The molecule has 1 fully saturated rings. The van der Waals surface area contributed by atoms with Crippen molar-refractivity contribution in [2.75, 3.05) is 22.9 Å². The summed E-state index contributed by atoms with van der Waals surface area (Å²) in [6.45, 7) is 1.71. The molecule has 0 aromatic heterocycles. The SMILES string of the molecule is NC(=O)c1ccc(N2CCCCC2)c(N2C(=O)c3ccccc3C2=O)c1. The van der Waals surface area contributed by atoms with Crippen molar-refractivity contribution < 1.29 is 14.4 Å².